The van der Waals surface area contributed by atoms with Gasteiger partial charge >= 0.3 is 0 Å². The Labute approximate surface area is 162 Å². The number of benzene rings is 2. The number of carbonyl (C=O) groups is 2. The van der Waals surface area contributed by atoms with E-state index in [4.69, 9.17) is 23.2 Å². The summed E-state index contributed by atoms with van der Waals surface area (Å²) in [5.74, 6) is 0.0509. The Morgan fingerprint density at radius 2 is 1.77 bits per heavy atom. The smallest absolute Gasteiger partial charge is 0.251 e. The van der Waals surface area contributed by atoms with E-state index >= 15 is 0 Å². The molecule has 4 nitrogen and oxygen atoms in total. The molecule has 3 rings (SSSR count). The summed E-state index contributed by atoms with van der Waals surface area (Å²) in [6.45, 7) is 0.742. The Bertz CT molecular complexity index is 823. The van der Waals surface area contributed by atoms with E-state index in [-0.39, 0.29) is 17.7 Å². The summed E-state index contributed by atoms with van der Waals surface area (Å²) >= 11 is 11.7. The second kappa shape index (κ2) is 8.56. The van der Waals surface area contributed by atoms with E-state index in [9.17, 15) is 9.59 Å². The summed E-state index contributed by atoms with van der Waals surface area (Å²) in [7, 11) is 0. The first kappa shape index (κ1) is 18.7. The van der Waals surface area contributed by atoms with Crippen LogP contribution in [0.2, 0.25) is 10.0 Å². The van der Waals surface area contributed by atoms with Gasteiger partial charge in [-0.25, -0.2) is 0 Å². The van der Waals surface area contributed by atoms with Crippen LogP contribution in [0.4, 0.5) is 0 Å². The highest BCUT2D eigenvalue weighted by Crippen LogP contribution is 2.34. The van der Waals surface area contributed by atoms with Gasteiger partial charge in [-0.05, 0) is 48.1 Å². The molecule has 0 radical (unpaired) electrons. The van der Waals surface area contributed by atoms with Crippen molar-refractivity contribution in [1.29, 1.82) is 0 Å². The Morgan fingerprint density at radius 3 is 2.58 bits per heavy atom. The number of fused-ring (bicyclic) bond motifs is 1. The van der Waals surface area contributed by atoms with Crippen molar-refractivity contribution in [3.05, 3.63) is 69.2 Å². The van der Waals surface area contributed by atoms with E-state index in [2.05, 4.69) is 22.8 Å². The lowest BCUT2D eigenvalue weighted by atomic mass is 9.97. The number of amides is 2. The highest BCUT2D eigenvalue weighted by Gasteiger charge is 2.23. The molecular formula is C20H20Cl2N2O2. The van der Waals surface area contributed by atoms with Crippen molar-refractivity contribution in [2.24, 2.45) is 0 Å². The molecule has 1 atom stereocenters. The fourth-order valence-electron chi connectivity index (χ4n) is 3.27. The maximum Gasteiger partial charge on any atom is 0.251 e. The summed E-state index contributed by atoms with van der Waals surface area (Å²) in [5, 5.41) is 6.37. The van der Waals surface area contributed by atoms with Crippen LogP contribution >= 0.6 is 23.2 Å². The van der Waals surface area contributed by atoms with E-state index in [1.165, 1.54) is 17.2 Å². The van der Waals surface area contributed by atoms with Gasteiger partial charge in [-0.15, -0.1) is 0 Å². The minimum Gasteiger partial charge on any atom is -0.354 e. The Kier molecular flexibility index (Phi) is 6.17. The molecule has 1 unspecified atom stereocenters. The fourth-order valence-corrected chi connectivity index (χ4v) is 3.57. The van der Waals surface area contributed by atoms with Crippen molar-refractivity contribution < 1.29 is 9.59 Å². The molecule has 0 saturated carbocycles. The Morgan fingerprint density at radius 1 is 1.00 bits per heavy atom. The molecule has 1 aliphatic rings. The average Bonchev–Trinajstić information content (AvgIpc) is 3.04. The summed E-state index contributed by atoms with van der Waals surface area (Å²) in [4.78, 5) is 24.2. The van der Waals surface area contributed by atoms with Gasteiger partial charge in [-0.3, -0.25) is 9.59 Å². The van der Waals surface area contributed by atoms with E-state index in [1.54, 1.807) is 12.1 Å². The average molecular weight is 391 g/mol. The van der Waals surface area contributed by atoms with Gasteiger partial charge in [-0.2, -0.15) is 0 Å². The van der Waals surface area contributed by atoms with Crippen LogP contribution in [0.15, 0.2) is 42.5 Å². The van der Waals surface area contributed by atoms with Crippen LogP contribution in [-0.2, 0) is 11.2 Å². The van der Waals surface area contributed by atoms with Gasteiger partial charge in [0, 0.05) is 25.1 Å². The Balaban J connectivity index is 1.40. The van der Waals surface area contributed by atoms with Gasteiger partial charge in [0.1, 0.15) is 0 Å². The van der Waals surface area contributed by atoms with Crippen molar-refractivity contribution in [1.82, 2.24) is 10.6 Å². The van der Waals surface area contributed by atoms with Gasteiger partial charge < -0.3 is 10.6 Å². The van der Waals surface area contributed by atoms with E-state index in [0.717, 1.165) is 12.8 Å². The fraction of sp³-hybridized carbons (Fsp3) is 0.300. The molecule has 26 heavy (non-hydrogen) atoms. The number of aryl methyl sites for hydroxylation is 1. The molecule has 6 heteroatoms. The van der Waals surface area contributed by atoms with Crippen molar-refractivity contribution in [3.63, 3.8) is 0 Å². The molecule has 0 spiro atoms. The molecule has 0 aromatic heterocycles. The van der Waals surface area contributed by atoms with Crippen LogP contribution < -0.4 is 10.6 Å². The first-order valence-electron chi connectivity index (χ1n) is 8.62. The Hall–Kier alpha value is -2.04. The number of halogens is 2. The third-order valence-corrected chi connectivity index (χ3v) is 5.34. The SMILES string of the molecule is O=C(CC1CCc2ccccc21)NCCNC(=O)c1ccc(Cl)c(Cl)c1. The molecule has 2 aromatic rings. The second-order valence-corrected chi connectivity index (χ2v) is 7.19. The third-order valence-electron chi connectivity index (χ3n) is 4.60. The predicted molar refractivity (Wildman–Crippen MR) is 104 cm³/mol. The largest absolute Gasteiger partial charge is 0.354 e. The van der Waals surface area contributed by atoms with Gasteiger partial charge in [0.25, 0.3) is 5.91 Å². The van der Waals surface area contributed by atoms with Crippen LogP contribution in [0.3, 0.4) is 0 Å². The minimum absolute atomic E-state index is 0.00971. The van der Waals surface area contributed by atoms with Crippen LogP contribution in [0.5, 0.6) is 0 Å². The van der Waals surface area contributed by atoms with Crippen molar-refractivity contribution in [2.45, 2.75) is 25.2 Å². The molecular weight excluding hydrogens is 371 g/mol. The minimum atomic E-state index is -0.248. The number of hydrogen-bond acceptors (Lipinski definition) is 2. The van der Waals surface area contributed by atoms with E-state index in [1.807, 2.05) is 12.1 Å². The van der Waals surface area contributed by atoms with Crippen molar-refractivity contribution >= 4 is 35.0 Å². The number of hydrogen-bond donors (Lipinski definition) is 2. The van der Waals surface area contributed by atoms with Crippen molar-refractivity contribution in [3.8, 4) is 0 Å². The molecule has 0 bridgehead atoms. The van der Waals surface area contributed by atoms with Crippen LogP contribution in [-0.4, -0.2) is 24.9 Å². The molecule has 0 heterocycles. The highest BCUT2D eigenvalue weighted by molar-refractivity contribution is 6.42. The normalized spacial score (nSPS) is 15.4. The number of rotatable bonds is 6. The van der Waals surface area contributed by atoms with Crippen LogP contribution in [0.1, 0.15) is 40.2 Å². The van der Waals surface area contributed by atoms with Gasteiger partial charge in [0.05, 0.1) is 10.0 Å². The van der Waals surface area contributed by atoms with Gasteiger partial charge in [0.15, 0.2) is 0 Å². The zero-order valence-electron chi connectivity index (χ0n) is 14.2. The van der Waals surface area contributed by atoms with Gasteiger partial charge in [0.2, 0.25) is 5.91 Å². The van der Waals surface area contributed by atoms with Crippen molar-refractivity contribution in [2.75, 3.05) is 13.1 Å². The quantitative estimate of drug-likeness (QED) is 0.733. The number of carbonyl (C=O) groups excluding carboxylic acids is 2. The highest BCUT2D eigenvalue weighted by atomic mass is 35.5. The first-order chi connectivity index (χ1) is 12.5. The van der Waals surface area contributed by atoms with Gasteiger partial charge in [-0.1, -0.05) is 47.5 Å². The molecule has 136 valence electrons. The lowest BCUT2D eigenvalue weighted by Crippen LogP contribution is -2.35. The van der Waals surface area contributed by atoms with E-state index < -0.39 is 0 Å². The standard InChI is InChI=1S/C20H20Cl2N2O2/c21-17-8-7-15(11-18(17)22)20(26)24-10-9-23-19(25)12-14-6-5-13-3-1-2-4-16(13)14/h1-4,7-8,11,14H,5-6,9-10,12H2,(H,23,25)(H,24,26). The molecule has 0 saturated heterocycles. The molecule has 2 N–H and O–H groups in total. The van der Waals surface area contributed by atoms with E-state index in [0.29, 0.717) is 35.1 Å². The summed E-state index contributed by atoms with van der Waals surface area (Å²) < 4.78 is 0. The molecule has 0 aliphatic heterocycles. The first-order valence-corrected chi connectivity index (χ1v) is 9.38. The molecule has 0 fully saturated rings. The summed E-state index contributed by atoms with van der Waals surface area (Å²) in [5.41, 5.74) is 3.07. The topological polar surface area (TPSA) is 58.2 Å². The predicted octanol–water partition coefficient (Wildman–Crippen LogP) is 3.96. The summed E-state index contributed by atoms with van der Waals surface area (Å²) in [6, 6.07) is 13.0. The molecule has 1 aliphatic carbocycles. The lowest BCUT2D eigenvalue weighted by molar-refractivity contribution is -0.121. The summed E-state index contributed by atoms with van der Waals surface area (Å²) in [6.07, 6.45) is 2.53. The zero-order chi connectivity index (χ0) is 18.5. The third kappa shape index (κ3) is 4.57. The maximum absolute atomic E-state index is 12.1. The molecule has 2 amide bonds. The second-order valence-electron chi connectivity index (χ2n) is 6.37. The molecule has 2 aromatic carbocycles. The number of nitrogens with one attached hydrogen (secondary N) is 2. The van der Waals surface area contributed by atoms with Crippen LogP contribution in [0.25, 0.3) is 0 Å². The maximum atomic E-state index is 12.1. The van der Waals surface area contributed by atoms with Crippen LogP contribution in [0, 0.1) is 0 Å². The lowest BCUT2D eigenvalue weighted by Gasteiger charge is -2.12. The monoisotopic (exact) mass is 390 g/mol. The zero-order valence-corrected chi connectivity index (χ0v) is 15.7.